The van der Waals surface area contributed by atoms with Gasteiger partial charge < -0.3 is 39.7 Å². The summed E-state index contributed by atoms with van der Waals surface area (Å²) in [7, 11) is -16.8. The summed E-state index contributed by atoms with van der Waals surface area (Å²) in [6.45, 7) is -1.07. The first kappa shape index (κ1) is 25.1. The molecule has 2 unspecified atom stereocenters. The summed E-state index contributed by atoms with van der Waals surface area (Å²) in [6, 6.07) is 1.28. The van der Waals surface area contributed by atoms with Crippen molar-refractivity contribution in [3.8, 4) is 0 Å². The number of aliphatic hydroxyl groups is 1. The van der Waals surface area contributed by atoms with Crippen LogP contribution in [0, 0.1) is 0 Å². The van der Waals surface area contributed by atoms with Crippen LogP contribution < -0.4 is 11.3 Å². The van der Waals surface area contributed by atoms with Gasteiger partial charge in [0.05, 0.1) is 12.0 Å². The van der Waals surface area contributed by atoms with Crippen LogP contribution in [0.2, 0.25) is 0 Å². The van der Waals surface area contributed by atoms with Crippen LogP contribution >= 0.6 is 23.5 Å². The molecule has 21 heteroatoms. The topological polar surface area (TPSA) is 266 Å². The molecule has 32 heavy (non-hydrogen) atoms. The second-order valence-electron chi connectivity index (χ2n) is 6.30. The number of nitrogens with one attached hydrogen (secondary N) is 1. The molecule has 2 aromatic heterocycles. The average molecular weight is 524 g/mol. The molecule has 3 heterocycles. The summed E-state index contributed by atoms with van der Waals surface area (Å²) >= 11 is 0. The Morgan fingerprint density at radius 3 is 2.50 bits per heavy atom. The van der Waals surface area contributed by atoms with E-state index < -0.39 is 60.2 Å². The van der Waals surface area contributed by atoms with E-state index in [1.165, 1.54) is 12.3 Å². The van der Waals surface area contributed by atoms with Gasteiger partial charge in [-0.3, -0.25) is 14.3 Å². The van der Waals surface area contributed by atoms with E-state index in [1.807, 2.05) is 0 Å². The number of phosphoric acid groups is 3. The van der Waals surface area contributed by atoms with Gasteiger partial charge >= 0.3 is 23.5 Å². The van der Waals surface area contributed by atoms with Crippen molar-refractivity contribution < 1.29 is 60.6 Å². The Morgan fingerprint density at radius 1 is 1.22 bits per heavy atom. The number of phosphoric ester groups is 1. The van der Waals surface area contributed by atoms with Gasteiger partial charge in [-0.05, 0) is 6.07 Å². The largest absolute Gasteiger partial charge is 0.490 e. The molecule has 8 N–H and O–H groups in total. The highest BCUT2D eigenvalue weighted by Crippen LogP contribution is 2.66. The summed E-state index contributed by atoms with van der Waals surface area (Å²) in [4.78, 5) is 53.5. The summed E-state index contributed by atoms with van der Waals surface area (Å²) in [5.41, 5.74) is 4.76. The summed E-state index contributed by atoms with van der Waals surface area (Å²) < 4.78 is 66.1. The fourth-order valence-corrected chi connectivity index (χ4v) is 5.83. The number of nitrogens with two attached hydrogens (primary N) is 1. The number of anilines is 1. The molecule has 1 aliphatic rings. The molecular weight excluding hydrogens is 508 g/mol. The highest BCUT2D eigenvalue weighted by atomic mass is 31.3. The Hall–Kier alpha value is -1.52. The van der Waals surface area contributed by atoms with Crippen LogP contribution in [0.4, 0.5) is 10.3 Å². The van der Waals surface area contributed by atoms with Gasteiger partial charge in [-0.2, -0.15) is 13.6 Å². The molecule has 1 fully saturated rings. The molecule has 2 aromatic rings. The fraction of sp³-hybridized carbons (Fsp3) is 0.455. The molecule has 0 spiro atoms. The number of ether oxygens (including phenoxy) is 1. The predicted octanol–water partition coefficient (Wildman–Crippen LogP) is -0.754. The van der Waals surface area contributed by atoms with Gasteiger partial charge in [0.2, 0.25) is 5.95 Å². The summed E-state index contributed by atoms with van der Waals surface area (Å²) in [5.74, 6) is -0.277. The summed E-state index contributed by atoms with van der Waals surface area (Å²) in [5, 5.41) is 10.1. The van der Waals surface area contributed by atoms with Crippen molar-refractivity contribution in [3.63, 3.8) is 0 Å². The zero-order valence-corrected chi connectivity index (χ0v) is 18.0. The Bertz CT molecular complexity index is 1210. The van der Waals surface area contributed by atoms with E-state index in [4.69, 9.17) is 25.2 Å². The number of hydrogen-bond donors (Lipinski definition) is 7. The number of nitrogens with zero attached hydrogens (tertiary/aromatic N) is 2. The van der Waals surface area contributed by atoms with Crippen LogP contribution in [0.15, 0.2) is 17.1 Å². The van der Waals surface area contributed by atoms with Crippen molar-refractivity contribution in [2.24, 2.45) is 0 Å². The second kappa shape index (κ2) is 8.68. The van der Waals surface area contributed by atoms with Crippen molar-refractivity contribution in [2.75, 3.05) is 12.3 Å². The number of aromatic amines is 1. The summed E-state index contributed by atoms with van der Waals surface area (Å²) in [6.07, 6.45) is -6.07. The van der Waals surface area contributed by atoms with Crippen molar-refractivity contribution in [3.05, 3.63) is 22.6 Å². The van der Waals surface area contributed by atoms with Crippen LogP contribution in [-0.4, -0.2) is 64.2 Å². The number of nitrogen functional groups attached to an aromatic ring is 1. The standard InChI is InChI=1S/C11H16FN4O13P3/c12-6-7(17)5(3-26-31(22,23)29-32(24,25)28-30(19,20)21)27-10(6)16-2-1-4-8(16)14-11(13)15-9(4)18/h1-2,5-7,10,17H,3H2,(H,22,23)(H,24,25)(H2,19,20,21)(H3,13,14,15,18)/t5-,6-,7-,10-/m1/s1. The number of alkyl halides is 1. The zero-order chi connectivity index (χ0) is 24.1. The van der Waals surface area contributed by atoms with E-state index in [0.717, 1.165) is 4.57 Å². The third-order valence-electron chi connectivity index (χ3n) is 3.99. The SMILES string of the molecule is Nc1nc2c(ccn2[C@@H]2O[C@H](COP(=O)(O)OP(=O)(O)OP(=O)(O)O)[C@@H](O)[C@H]2F)c(=O)[nH]1. The Kier molecular flexibility index (Phi) is 6.81. The highest BCUT2D eigenvalue weighted by molar-refractivity contribution is 7.66. The Balaban J connectivity index is 1.72. The number of rotatable bonds is 8. The molecule has 0 aliphatic carbocycles. The van der Waals surface area contributed by atoms with Gasteiger partial charge in [0, 0.05) is 6.20 Å². The number of H-pyrrole nitrogens is 1. The fourth-order valence-electron chi connectivity index (χ4n) is 2.80. The highest BCUT2D eigenvalue weighted by Gasteiger charge is 2.47. The van der Waals surface area contributed by atoms with Crippen molar-refractivity contribution in [1.82, 2.24) is 14.5 Å². The molecule has 6 atom stereocenters. The van der Waals surface area contributed by atoms with Crippen molar-refractivity contribution in [1.29, 1.82) is 0 Å². The first-order chi connectivity index (χ1) is 14.6. The average Bonchev–Trinajstić information content (AvgIpc) is 3.12. The molecule has 0 saturated carbocycles. The molecule has 0 amide bonds. The lowest BCUT2D eigenvalue weighted by atomic mass is 10.1. The number of halogens is 1. The Labute approximate surface area is 176 Å². The van der Waals surface area contributed by atoms with E-state index in [0.29, 0.717) is 0 Å². The Morgan fingerprint density at radius 2 is 1.88 bits per heavy atom. The van der Waals surface area contributed by atoms with Gasteiger partial charge in [0.15, 0.2) is 18.0 Å². The minimum Gasteiger partial charge on any atom is -0.387 e. The lowest BCUT2D eigenvalue weighted by Crippen LogP contribution is -2.31. The smallest absolute Gasteiger partial charge is 0.387 e. The van der Waals surface area contributed by atoms with E-state index in [1.54, 1.807) is 0 Å². The van der Waals surface area contributed by atoms with E-state index >= 15 is 0 Å². The molecule has 0 radical (unpaired) electrons. The first-order valence-electron chi connectivity index (χ1n) is 8.21. The van der Waals surface area contributed by atoms with Gasteiger partial charge in [0.25, 0.3) is 5.56 Å². The molecule has 3 rings (SSSR count). The van der Waals surface area contributed by atoms with E-state index in [2.05, 4.69) is 23.1 Å². The van der Waals surface area contributed by atoms with Gasteiger partial charge in [-0.15, -0.1) is 0 Å². The number of aromatic nitrogens is 3. The lowest BCUT2D eigenvalue weighted by Gasteiger charge is -2.19. The molecule has 0 bridgehead atoms. The normalized spacial score (nSPS) is 27.9. The minimum atomic E-state index is -5.75. The van der Waals surface area contributed by atoms with Crippen molar-refractivity contribution >= 4 is 40.4 Å². The van der Waals surface area contributed by atoms with E-state index in [-0.39, 0.29) is 17.0 Å². The first-order valence-corrected chi connectivity index (χ1v) is 12.7. The monoisotopic (exact) mass is 524 g/mol. The van der Waals surface area contributed by atoms with Gasteiger partial charge in [0.1, 0.15) is 12.2 Å². The molecule has 0 aromatic carbocycles. The van der Waals surface area contributed by atoms with Crippen LogP contribution in [0.3, 0.4) is 0 Å². The van der Waals surface area contributed by atoms with Crippen LogP contribution in [0.1, 0.15) is 6.23 Å². The maximum Gasteiger partial charge on any atom is 0.490 e. The predicted molar refractivity (Wildman–Crippen MR) is 99.4 cm³/mol. The third-order valence-corrected chi connectivity index (χ3v) is 7.79. The second-order valence-corrected chi connectivity index (χ2v) is 10.7. The zero-order valence-electron chi connectivity index (χ0n) is 15.4. The molecular formula is C11H16FN4O13P3. The third kappa shape index (κ3) is 5.69. The van der Waals surface area contributed by atoms with Crippen molar-refractivity contribution in [2.45, 2.75) is 24.6 Å². The maximum atomic E-state index is 14.7. The van der Waals surface area contributed by atoms with Gasteiger partial charge in [-0.1, -0.05) is 0 Å². The van der Waals surface area contributed by atoms with Crippen LogP contribution in [0.5, 0.6) is 0 Å². The van der Waals surface area contributed by atoms with Gasteiger partial charge in [-0.25, -0.2) is 18.1 Å². The number of aliphatic hydroxyl groups excluding tert-OH is 1. The lowest BCUT2D eigenvalue weighted by molar-refractivity contribution is -0.0448. The van der Waals surface area contributed by atoms with Crippen LogP contribution in [0.25, 0.3) is 11.0 Å². The minimum absolute atomic E-state index is 0.0289. The molecule has 17 nitrogen and oxygen atoms in total. The molecule has 1 saturated heterocycles. The molecule has 180 valence electrons. The van der Waals surface area contributed by atoms with Crippen LogP contribution in [-0.2, 0) is 31.6 Å². The number of hydrogen-bond acceptors (Lipinski definition) is 11. The number of fused-ring (bicyclic) bond motifs is 1. The molecule has 1 aliphatic heterocycles. The van der Waals surface area contributed by atoms with E-state index in [9.17, 15) is 32.9 Å². The maximum absolute atomic E-state index is 14.7. The quantitative estimate of drug-likeness (QED) is 0.209.